The maximum absolute atomic E-state index is 11.3. The highest BCUT2D eigenvalue weighted by molar-refractivity contribution is 7.80. The van der Waals surface area contributed by atoms with Crippen LogP contribution in [0.25, 0.3) is 6.08 Å². The van der Waals surface area contributed by atoms with Crippen molar-refractivity contribution < 1.29 is 4.79 Å². The summed E-state index contributed by atoms with van der Waals surface area (Å²) in [6, 6.07) is 12.9. The van der Waals surface area contributed by atoms with Gasteiger partial charge in [-0.1, -0.05) is 62.2 Å². The second-order valence-corrected chi connectivity index (χ2v) is 11.1. The van der Waals surface area contributed by atoms with Crippen LogP contribution in [0.3, 0.4) is 0 Å². The van der Waals surface area contributed by atoms with Crippen LogP contribution in [0.1, 0.15) is 47.1 Å². The summed E-state index contributed by atoms with van der Waals surface area (Å²) in [6.45, 7) is 12.1. The van der Waals surface area contributed by atoms with Crippen LogP contribution in [0.2, 0.25) is 10.0 Å². The van der Waals surface area contributed by atoms with E-state index >= 15 is 0 Å². The normalized spacial score (nSPS) is 17.8. The number of hydrogen-bond acceptors (Lipinski definition) is 3. The summed E-state index contributed by atoms with van der Waals surface area (Å²) in [4.78, 5) is 18.5. The SMILES string of the molecule is CC(=O)Nc1ccc(N2C(=S)NC(=N[C@H](/C=C/c3ccc(Cl)cc3Cl)C(C)(C)C)C2(C)C)cc1. The Balaban J connectivity index is 1.92. The Hall–Kier alpha value is -2.41. The first-order valence-corrected chi connectivity index (χ1v) is 12.2. The Morgan fingerprint density at radius 3 is 2.38 bits per heavy atom. The van der Waals surface area contributed by atoms with E-state index in [9.17, 15) is 4.79 Å². The number of hydrogen-bond donors (Lipinski definition) is 2. The standard InChI is InChI=1S/C26H30Cl2N4OS/c1-16(33)29-19-10-12-20(13-11-19)32-24(34)31-23(26(32,5)6)30-22(25(2,3)4)14-8-17-7-9-18(27)15-21(17)28/h7-15,22H,1-6H3,(H,29,33)(H,30,31,34)/b14-8+/t22-/m1/s1. The van der Waals surface area contributed by atoms with Gasteiger partial charge in [-0.15, -0.1) is 0 Å². The molecule has 0 aliphatic carbocycles. The van der Waals surface area contributed by atoms with Crippen molar-refractivity contribution in [3.63, 3.8) is 0 Å². The fourth-order valence-electron chi connectivity index (χ4n) is 3.69. The molecule has 1 saturated heterocycles. The van der Waals surface area contributed by atoms with E-state index < -0.39 is 5.54 Å². The Morgan fingerprint density at radius 1 is 1.18 bits per heavy atom. The van der Waals surface area contributed by atoms with Crippen molar-refractivity contribution in [2.45, 2.75) is 53.1 Å². The van der Waals surface area contributed by atoms with Crippen LogP contribution >= 0.6 is 35.4 Å². The lowest BCUT2D eigenvalue weighted by molar-refractivity contribution is -0.114. The summed E-state index contributed by atoms with van der Waals surface area (Å²) in [5, 5.41) is 7.88. The van der Waals surface area contributed by atoms with E-state index in [1.165, 1.54) is 6.92 Å². The first kappa shape index (κ1) is 26.2. The number of halogens is 2. The van der Waals surface area contributed by atoms with Crippen LogP contribution < -0.4 is 15.5 Å². The highest BCUT2D eigenvalue weighted by atomic mass is 35.5. The molecule has 3 rings (SSSR count). The molecular formula is C26H30Cl2N4OS. The molecule has 0 unspecified atom stereocenters. The van der Waals surface area contributed by atoms with Crippen molar-refractivity contribution >= 4 is 69.7 Å². The van der Waals surface area contributed by atoms with E-state index in [4.69, 9.17) is 40.4 Å². The van der Waals surface area contributed by atoms with Gasteiger partial charge in [-0.3, -0.25) is 9.79 Å². The Kier molecular flexibility index (Phi) is 7.75. The van der Waals surface area contributed by atoms with E-state index in [0.717, 1.165) is 22.8 Å². The Labute approximate surface area is 217 Å². The molecule has 1 aliphatic rings. The molecule has 1 amide bonds. The molecule has 1 aliphatic heterocycles. The highest BCUT2D eigenvalue weighted by Gasteiger charge is 2.43. The number of rotatable bonds is 5. The zero-order chi connectivity index (χ0) is 25.3. The van der Waals surface area contributed by atoms with E-state index in [1.807, 2.05) is 47.4 Å². The maximum atomic E-state index is 11.3. The molecule has 2 aromatic rings. The predicted octanol–water partition coefficient (Wildman–Crippen LogP) is 6.95. The molecule has 0 saturated carbocycles. The van der Waals surface area contributed by atoms with Crippen LogP contribution in [0, 0.1) is 5.41 Å². The number of aliphatic imine (C=N–C) groups is 1. The zero-order valence-corrected chi connectivity index (χ0v) is 22.6. The number of anilines is 2. The van der Waals surface area contributed by atoms with Crippen molar-refractivity contribution in [2.24, 2.45) is 10.4 Å². The molecule has 2 aromatic carbocycles. The zero-order valence-electron chi connectivity index (χ0n) is 20.2. The summed E-state index contributed by atoms with van der Waals surface area (Å²) in [7, 11) is 0. The molecule has 1 heterocycles. The fraction of sp³-hybridized carbons (Fsp3) is 0.346. The van der Waals surface area contributed by atoms with E-state index in [0.29, 0.717) is 15.2 Å². The predicted molar refractivity (Wildman–Crippen MR) is 149 cm³/mol. The monoisotopic (exact) mass is 516 g/mol. The Morgan fingerprint density at radius 2 is 1.82 bits per heavy atom. The number of carbonyl (C=O) groups excluding carboxylic acids is 1. The number of benzene rings is 2. The number of amides is 1. The van der Waals surface area contributed by atoms with Crippen molar-refractivity contribution in [2.75, 3.05) is 10.2 Å². The molecule has 34 heavy (non-hydrogen) atoms. The maximum Gasteiger partial charge on any atom is 0.221 e. The van der Waals surface area contributed by atoms with Gasteiger partial charge < -0.3 is 15.5 Å². The summed E-state index contributed by atoms with van der Waals surface area (Å²) < 4.78 is 0. The van der Waals surface area contributed by atoms with Gasteiger partial charge in [-0.05, 0) is 73.4 Å². The number of nitrogens with one attached hydrogen (secondary N) is 2. The van der Waals surface area contributed by atoms with Gasteiger partial charge in [-0.2, -0.15) is 0 Å². The molecule has 1 atom stereocenters. The van der Waals surface area contributed by atoms with E-state index in [-0.39, 0.29) is 17.4 Å². The molecule has 1 fully saturated rings. The lowest BCUT2D eigenvalue weighted by Crippen LogP contribution is -2.45. The smallest absolute Gasteiger partial charge is 0.221 e. The van der Waals surface area contributed by atoms with Crippen LogP contribution in [-0.2, 0) is 4.79 Å². The minimum Gasteiger partial charge on any atom is -0.326 e. The molecule has 0 aromatic heterocycles. The van der Waals surface area contributed by atoms with Crippen LogP contribution in [0.15, 0.2) is 53.5 Å². The van der Waals surface area contributed by atoms with E-state index in [2.05, 4.69) is 51.3 Å². The molecule has 5 nitrogen and oxygen atoms in total. The first-order chi connectivity index (χ1) is 15.8. The molecule has 0 spiro atoms. The van der Waals surface area contributed by atoms with Crippen molar-refractivity contribution in [1.29, 1.82) is 0 Å². The number of thiocarbonyl (C=S) groups is 1. The second-order valence-electron chi connectivity index (χ2n) is 9.87. The molecule has 8 heteroatoms. The van der Waals surface area contributed by atoms with E-state index in [1.54, 1.807) is 6.07 Å². The average molecular weight is 518 g/mol. The molecule has 0 radical (unpaired) electrons. The van der Waals surface area contributed by atoms with Gasteiger partial charge in [0.15, 0.2) is 5.11 Å². The first-order valence-electron chi connectivity index (χ1n) is 11.0. The minimum absolute atomic E-state index is 0.109. The third-order valence-corrected chi connectivity index (χ3v) is 6.44. The lowest BCUT2D eigenvalue weighted by Gasteiger charge is -2.32. The number of carbonyl (C=O) groups is 1. The molecular weight excluding hydrogens is 487 g/mol. The van der Waals surface area contributed by atoms with Crippen molar-refractivity contribution in [3.05, 3.63) is 64.1 Å². The Bertz CT molecular complexity index is 1150. The molecule has 180 valence electrons. The van der Waals surface area contributed by atoms with Gasteiger partial charge in [-0.25, -0.2) is 0 Å². The van der Waals surface area contributed by atoms with Gasteiger partial charge >= 0.3 is 0 Å². The van der Waals surface area contributed by atoms with Crippen molar-refractivity contribution in [3.8, 4) is 0 Å². The summed E-state index contributed by atoms with van der Waals surface area (Å²) >= 11 is 18.1. The average Bonchev–Trinajstić information content (AvgIpc) is 2.93. The van der Waals surface area contributed by atoms with Crippen molar-refractivity contribution in [1.82, 2.24) is 5.32 Å². The summed E-state index contributed by atoms with van der Waals surface area (Å²) in [6.07, 6.45) is 4.05. The number of nitrogens with zero attached hydrogens (tertiary/aromatic N) is 2. The fourth-order valence-corrected chi connectivity index (χ4v) is 4.59. The summed E-state index contributed by atoms with van der Waals surface area (Å²) in [5.41, 5.74) is 1.89. The van der Waals surface area contributed by atoms with Crippen LogP contribution in [-0.4, -0.2) is 28.4 Å². The summed E-state index contributed by atoms with van der Waals surface area (Å²) in [5.74, 6) is 0.678. The van der Waals surface area contributed by atoms with Gasteiger partial charge in [0.25, 0.3) is 0 Å². The quantitative estimate of drug-likeness (QED) is 0.422. The van der Waals surface area contributed by atoms with Gasteiger partial charge in [0, 0.05) is 28.3 Å². The minimum atomic E-state index is -0.498. The van der Waals surface area contributed by atoms with Gasteiger partial charge in [0.05, 0.1) is 11.6 Å². The largest absolute Gasteiger partial charge is 0.326 e. The van der Waals surface area contributed by atoms with Crippen LogP contribution in [0.4, 0.5) is 11.4 Å². The highest BCUT2D eigenvalue weighted by Crippen LogP contribution is 2.33. The lowest BCUT2D eigenvalue weighted by atomic mass is 9.86. The number of amidine groups is 1. The molecule has 2 N–H and O–H groups in total. The third kappa shape index (κ3) is 5.98. The second kappa shape index (κ2) is 10.1. The van der Waals surface area contributed by atoms with Crippen LogP contribution in [0.5, 0.6) is 0 Å². The van der Waals surface area contributed by atoms with Gasteiger partial charge in [0.1, 0.15) is 5.84 Å². The molecule has 0 bridgehead atoms. The third-order valence-electron chi connectivity index (χ3n) is 5.59. The topological polar surface area (TPSA) is 56.7 Å². The van der Waals surface area contributed by atoms with Gasteiger partial charge in [0.2, 0.25) is 5.91 Å².